The van der Waals surface area contributed by atoms with E-state index < -0.39 is 0 Å². The number of hydrogen-bond donors (Lipinski definition) is 0. The van der Waals surface area contributed by atoms with Crippen LogP contribution in [0.4, 0.5) is 0 Å². The maximum atomic E-state index is 4.25. The number of aryl methyl sites for hydroxylation is 1. The summed E-state index contributed by atoms with van der Waals surface area (Å²) in [5.41, 5.74) is 0. The van der Waals surface area contributed by atoms with Gasteiger partial charge in [-0.15, -0.1) is 21.5 Å². The van der Waals surface area contributed by atoms with Gasteiger partial charge in [0.15, 0.2) is 4.34 Å². The fourth-order valence-electron chi connectivity index (χ4n) is 1.00. The van der Waals surface area contributed by atoms with Crippen LogP contribution < -0.4 is 0 Å². The van der Waals surface area contributed by atoms with Gasteiger partial charge in [-0.25, -0.2) is 4.98 Å². The third-order valence-electron chi connectivity index (χ3n) is 1.73. The van der Waals surface area contributed by atoms with Gasteiger partial charge in [-0.3, -0.25) is 0 Å². The van der Waals surface area contributed by atoms with Crippen LogP contribution in [-0.4, -0.2) is 25.2 Å². The Kier molecular flexibility index (Phi) is 3.68. The van der Waals surface area contributed by atoms with Gasteiger partial charge >= 0.3 is 0 Å². The van der Waals surface area contributed by atoms with Crippen LogP contribution in [0.15, 0.2) is 21.1 Å². The molecule has 0 saturated carbocycles. The van der Waals surface area contributed by atoms with Crippen molar-refractivity contribution in [2.45, 2.75) is 35.8 Å². The highest BCUT2D eigenvalue weighted by Crippen LogP contribution is 2.25. The first kappa shape index (κ1) is 10.6. The Hall–Kier alpha value is -0.950. The molecule has 0 aliphatic carbocycles. The normalized spacial score (nSPS) is 10.7. The molecule has 15 heavy (non-hydrogen) atoms. The van der Waals surface area contributed by atoms with Gasteiger partial charge in [0.2, 0.25) is 5.16 Å². The summed E-state index contributed by atoms with van der Waals surface area (Å²) in [7, 11) is 0. The van der Waals surface area contributed by atoms with E-state index in [0.717, 1.165) is 23.7 Å². The summed E-state index contributed by atoms with van der Waals surface area (Å²) in [4.78, 5) is 5.79. The van der Waals surface area contributed by atoms with Crippen molar-refractivity contribution in [3.63, 3.8) is 0 Å². The largest absolute Gasteiger partial charge is 0.238 e. The zero-order valence-corrected chi connectivity index (χ0v) is 9.96. The Balaban J connectivity index is 1.95. The molecular formula is C8H11N5S2. The molecule has 0 N–H and O–H groups in total. The minimum Gasteiger partial charge on any atom is -0.238 e. The third-order valence-corrected chi connectivity index (χ3v) is 3.46. The maximum absolute atomic E-state index is 4.25. The van der Waals surface area contributed by atoms with E-state index in [9.17, 15) is 0 Å². The third kappa shape index (κ3) is 3.00. The fourth-order valence-corrected chi connectivity index (χ4v) is 2.43. The van der Waals surface area contributed by atoms with Crippen molar-refractivity contribution in [1.82, 2.24) is 25.2 Å². The second-order valence-electron chi connectivity index (χ2n) is 2.92. The van der Waals surface area contributed by atoms with Crippen LogP contribution in [0.5, 0.6) is 0 Å². The SMILES string of the molecule is CCCCn1nnc(Sc2nccs2)n1. The Bertz CT molecular complexity index is 397. The second-order valence-corrected chi connectivity index (χ2v) is 5.03. The molecule has 0 unspecified atom stereocenters. The topological polar surface area (TPSA) is 56.5 Å². The molecule has 2 heterocycles. The average molecular weight is 241 g/mol. The van der Waals surface area contributed by atoms with E-state index in [4.69, 9.17) is 0 Å². The lowest BCUT2D eigenvalue weighted by molar-refractivity contribution is 0.493. The highest BCUT2D eigenvalue weighted by atomic mass is 32.2. The first-order valence-electron chi connectivity index (χ1n) is 4.73. The Labute approximate surface area is 95.9 Å². The Morgan fingerprint density at radius 2 is 2.47 bits per heavy atom. The zero-order chi connectivity index (χ0) is 10.5. The summed E-state index contributed by atoms with van der Waals surface area (Å²) >= 11 is 3.03. The highest BCUT2D eigenvalue weighted by Gasteiger charge is 2.06. The van der Waals surface area contributed by atoms with Crippen LogP contribution in [0.3, 0.4) is 0 Å². The van der Waals surface area contributed by atoms with Crippen molar-refractivity contribution in [3.05, 3.63) is 11.6 Å². The molecule has 0 aliphatic rings. The fraction of sp³-hybridized carbons (Fsp3) is 0.500. The Morgan fingerprint density at radius 3 is 3.20 bits per heavy atom. The first-order valence-corrected chi connectivity index (χ1v) is 6.43. The molecule has 0 amide bonds. The van der Waals surface area contributed by atoms with Crippen molar-refractivity contribution in [1.29, 1.82) is 0 Å². The van der Waals surface area contributed by atoms with Gasteiger partial charge in [-0.1, -0.05) is 13.3 Å². The number of rotatable bonds is 5. The van der Waals surface area contributed by atoms with Gasteiger partial charge < -0.3 is 0 Å². The van der Waals surface area contributed by atoms with Crippen molar-refractivity contribution in [2.75, 3.05) is 0 Å². The van der Waals surface area contributed by atoms with E-state index in [-0.39, 0.29) is 0 Å². The molecule has 0 spiro atoms. The van der Waals surface area contributed by atoms with Gasteiger partial charge in [-0.05, 0) is 23.4 Å². The van der Waals surface area contributed by atoms with Gasteiger partial charge in [0.25, 0.3) is 0 Å². The summed E-state index contributed by atoms with van der Waals surface area (Å²) in [6.07, 6.45) is 3.99. The quantitative estimate of drug-likeness (QED) is 0.802. The number of hydrogen-bond acceptors (Lipinski definition) is 6. The van der Waals surface area contributed by atoms with Crippen LogP contribution in [0.2, 0.25) is 0 Å². The molecule has 0 bridgehead atoms. The molecule has 0 saturated heterocycles. The highest BCUT2D eigenvalue weighted by molar-refractivity contribution is 8.00. The lowest BCUT2D eigenvalue weighted by Gasteiger charge is -1.93. The summed E-state index contributed by atoms with van der Waals surface area (Å²) in [5, 5.41) is 14.8. The maximum Gasteiger partial charge on any atom is 0.238 e. The minimum absolute atomic E-state index is 0.668. The van der Waals surface area contributed by atoms with Gasteiger partial charge in [0.05, 0.1) is 6.54 Å². The van der Waals surface area contributed by atoms with Crippen molar-refractivity contribution in [3.8, 4) is 0 Å². The molecular weight excluding hydrogens is 230 g/mol. The molecule has 7 heteroatoms. The van der Waals surface area contributed by atoms with Gasteiger partial charge in [0, 0.05) is 11.6 Å². The summed E-state index contributed by atoms with van der Waals surface area (Å²) < 4.78 is 0.949. The zero-order valence-electron chi connectivity index (χ0n) is 8.33. The van der Waals surface area contributed by atoms with E-state index in [1.807, 2.05) is 5.38 Å². The number of nitrogens with zero attached hydrogens (tertiary/aromatic N) is 5. The molecule has 2 aromatic heterocycles. The van der Waals surface area contributed by atoms with E-state index >= 15 is 0 Å². The van der Waals surface area contributed by atoms with E-state index in [2.05, 4.69) is 27.3 Å². The van der Waals surface area contributed by atoms with E-state index in [0.29, 0.717) is 5.16 Å². The van der Waals surface area contributed by atoms with Crippen LogP contribution in [-0.2, 0) is 6.54 Å². The smallest absolute Gasteiger partial charge is 0.238 e. The van der Waals surface area contributed by atoms with Crippen LogP contribution >= 0.6 is 23.1 Å². The average Bonchev–Trinajstić information content (AvgIpc) is 2.87. The molecule has 0 radical (unpaired) electrons. The number of thiazole rings is 1. The molecule has 0 aromatic carbocycles. The van der Waals surface area contributed by atoms with Crippen LogP contribution in [0.1, 0.15) is 19.8 Å². The standard InChI is InChI=1S/C8H11N5S2/c1-2-3-5-13-11-7(10-12-13)15-8-9-4-6-14-8/h4,6H,2-3,5H2,1H3. The second kappa shape index (κ2) is 5.22. The van der Waals surface area contributed by atoms with Gasteiger partial charge in [0.1, 0.15) is 0 Å². The predicted molar refractivity (Wildman–Crippen MR) is 59.0 cm³/mol. The predicted octanol–water partition coefficient (Wildman–Crippen LogP) is 2.08. The van der Waals surface area contributed by atoms with Crippen molar-refractivity contribution >= 4 is 23.1 Å². The summed E-state index contributed by atoms with van der Waals surface area (Å²) in [6, 6.07) is 0. The summed E-state index contributed by atoms with van der Waals surface area (Å²) in [5.74, 6) is 0. The Morgan fingerprint density at radius 1 is 1.53 bits per heavy atom. The molecule has 0 aliphatic heterocycles. The van der Waals surface area contributed by atoms with E-state index in [1.54, 1.807) is 22.3 Å². The molecule has 0 atom stereocenters. The lowest BCUT2D eigenvalue weighted by atomic mass is 10.3. The lowest BCUT2D eigenvalue weighted by Crippen LogP contribution is -2.01. The van der Waals surface area contributed by atoms with Gasteiger partial charge in [-0.2, -0.15) is 4.80 Å². The molecule has 2 aromatic rings. The van der Waals surface area contributed by atoms with Crippen LogP contribution in [0, 0.1) is 0 Å². The molecule has 0 fully saturated rings. The summed E-state index contributed by atoms with van der Waals surface area (Å²) in [6.45, 7) is 2.98. The van der Waals surface area contributed by atoms with Crippen LogP contribution in [0.25, 0.3) is 0 Å². The first-order chi connectivity index (χ1) is 7.38. The molecule has 2 rings (SSSR count). The molecule has 80 valence electrons. The number of aromatic nitrogens is 5. The van der Waals surface area contributed by atoms with Crippen molar-refractivity contribution < 1.29 is 0 Å². The minimum atomic E-state index is 0.668. The van der Waals surface area contributed by atoms with Crippen molar-refractivity contribution in [2.24, 2.45) is 0 Å². The molecule has 5 nitrogen and oxygen atoms in total. The number of unbranched alkanes of at least 4 members (excludes halogenated alkanes) is 1. The monoisotopic (exact) mass is 241 g/mol. The number of tetrazole rings is 1. The van der Waals surface area contributed by atoms with E-state index in [1.165, 1.54) is 11.8 Å².